The summed E-state index contributed by atoms with van der Waals surface area (Å²) in [5, 5.41) is 0. The first kappa shape index (κ1) is 13.8. The Bertz CT molecular complexity index is 220. The molecule has 0 aliphatic heterocycles. The van der Waals surface area contributed by atoms with Crippen LogP contribution in [0.3, 0.4) is 0 Å². The summed E-state index contributed by atoms with van der Waals surface area (Å²) >= 11 is 0. The van der Waals surface area contributed by atoms with E-state index in [0.29, 0.717) is 6.61 Å². The van der Waals surface area contributed by atoms with Crippen molar-refractivity contribution in [2.75, 3.05) is 27.4 Å². The van der Waals surface area contributed by atoms with Gasteiger partial charge in [-0.2, -0.15) is 0 Å². The zero-order chi connectivity index (χ0) is 11.2. The lowest BCUT2D eigenvalue weighted by molar-refractivity contribution is -0.118. The Morgan fingerprint density at radius 3 is 2.14 bits per heavy atom. The van der Waals surface area contributed by atoms with Gasteiger partial charge in [0, 0.05) is 20.8 Å². The Morgan fingerprint density at radius 1 is 1.36 bits per heavy atom. The highest BCUT2D eigenvalue weighted by atomic mass is 31.2. The molecule has 0 aliphatic rings. The first-order valence-corrected chi connectivity index (χ1v) is 5.92. The largest absolute Gasteiger partial charge is 0.380 e. The van der Waals surface area contributed by atoms with Crippen molar-refractivity contribution in [3.63, 3.8) is 0 Å². The third-order valence-corrected chi connectivity index (χ3v) is 4.13. The molecular weight excluding hydrogens is 207 g/mol. The molecule has 0 aromatic rings. The molecule has 0 aromatic heterocycles. The van der Waals surface area contributed by atoms with Crippen molar-refractivity contribution in [1.29, 1.82) is 0 Å². The first-order valence-electron chi connectivity index (χ1n) is 4.31. The number of ketones is 1. The van der Waals surface area contributed by atoms with Gasteiger partial charge in [-0.05, 0) is 13.8 Å². The minimum absolute atomic E-state index is 0.0603. The molecule has 0 bridgehead atoms. The summed E-state index contributed by atoms with van der Waals surface area (Å²) in [7, 11) is -0.839. The van der Waals surface area contributed by atoms with E-state index in [4.69, 9.17) is 13.8 Å². The van der Waals surface area contributed by atoms with Crippen molar-refractivity contribution in [3.8, 4) is 0 Å². The third-order valence-electron chi connectivity index (χ3n) is 1.84. The average Bonchev–Trinajstić information content (AvgIpc) is 2.17. The van der Waals surface area contributed by atoms with Crippen LogP contribution in [0.4, 0.5) is 0 Å². The molecular formula is C8H17O5P. The Morgan fingerprint density at radius 2 is 1.86 bits per heavy atom. The highest BCUT2D eigenvalue weighted by molar-refractivity contribution is 7.55. The molecule has 1 unspecified atom stereocenters. The number of Topliss-reactive ketones (excluding diaryl/α,β-unsaturated/α-hetero) is 1. The van der Waals surface area contributed by atoms with E-state index in [1.54, 1.807) is 6.92 Å². The van der Waals surface area contributed by atoms with Crippen LogP contribution in [0.5, 0.6) is 0 Å². The Kier molecular flexibility index (Phi) is 6.20. The lowest BCUT2D eigenvalue weighted by Crippen LogP contribution is -2.25. The molecule has 0 aliphatic carbocycles. The maximum absolute atomic E-state index is 11.9. The minimum Gasteiger partial charge on any atom is -0.380 e. The molecule has 0 N–H and O–H groups in total. The van der Waals surface area contributed by atoms with E-state index in [0.717, 1.165) is 0 Å². The van der Waals surface area contributed by atoms with E-state index in [2.05, 4.69) is 0 Å². The van der Waals surface area contributed by atoms with Crippen molar-refractivity contribution >= 4 is 13.4 Å². The summed E-state index contributed by atoms with van der Waals surface area (Å²) in [6.07, 6.45) is 0. The summed E-state index contributed by atoms with van der Waals surface area (Å²) in [4.78, 5) is 11.2. The number of carbonyl (C=O) groups is 1. The zero-order valence-corrected chi connectivity index (χ0v) is 9.87. The summed E-state index contributed by atoms with van der Waals surface area (Å²) in [6, 6.07) is 0. The molecule has 0 fully saturated rings. The van der Waals surface area contributed by atoms with Crippen LogP contribution in [0.15, 0.2) is 0 Å². The monoisotopic (exact) mass is 224 g/mol. The van der Waals surface area contributed by atoms with Gasteiger partial charge in [-0.15, -0.1) is 0 Å². The summed E-state index contributed by atoms with van der Waals surface area (Å²) < 4.78 is 26.4. The molecule has 5 nitrogen and oxygen atoms in total. The SMILES string of the molecule is CCOCC(C(C)=O)P(=O)(OC)OC. The minimum atomic E-state index is -3.35. The quantitative estimate of drug-likeness (QED) is 0.613. The number of rotatable bonds is 7. The Hall–Kier alpha value is -0.220. The first-order chi connectivity index (χ1) is 6.51. The van der Waals surface area contributed by atoms with Gasteiger partial charge in [-0.3, -0.25) is 9.36 Å². The van der Waals surface area contributed by atoms with E-state index in [9.17, 15) is 9.36 Å². The van der Waals surface area contributed by atoms with E-state index in [1.807, 2.05) is 0 Å². The normalized spacial score (nSPS) is 14.0. The van der Waals surface area contributed by atoms with Crippen molar-refractivity contribution in [2.24, 2.45) is 0 Å². The number of carbonyl (C=O) groups excluding carboxylic acids is 1. The zero-order valence-electron chi connectivity index (χ0n) is 8.98. The second-order valence-corrected chi connectivity index (χ2v) is 5.12. The van der Waals surface area contributed by atoms with Gasteiger partial charge >= 0.3 is 7.60 Å². The maximum atomic E-state index is 11.9. The molecule has 0 radical (unpaired) electrons. The van der Waals surface area contributed by atoms with Crippen LogP contribution < -0.4 is 0 Å². The molecule has 0 heterocycles. The van der Waals surface area contributed by atoms with Crippen LogP contribution in [0, 0.1) is 0 Å². The molecule has 0 saturated carbocycles. The molecule has 0 rings (SSSR count). The fraction of sp³-hybridized carbons (Fsp3) is 0.875. The van der Waals surface area contributed by atoms with Gasteiger partial charge < -0.3 is 13.8 Å². The summed E-state index contributed by atoms with van der Waals surface area (Å²) in [5.41, 5.74) is -0.836. The molecule has 1 atom stereocenters. The fourth-order valence-corrected chi connectivity index (χ4v) is 2.38. The van der Waals surface area contributed by atoms with Gasteiger partial charge in [0.2, 0.25) is 0 Å². The standard InChI is InChI=1S/C8H17O5P/c1-5-13-6-8(7(2)9)14(10,11-3)12-4/h8H,5-6H2,1-4H3. The predicted octanol–water partition coefficient (Wildman–Crippen LogP) is 1.47. The Labute approximate surface area is 84.3 Å². The van der Waals surface area contributed by atoms with E-state index >= 15 is 0 Å². The van der Waals surface area contributed by atoms with Gasteiger partial charge in [0.1, 0.15) is 11.4 Å². The van der Waals surface area contributed by atoms with Crippen LogP contribution in [-0.4, -0.2) is 38.9 Å². The predicted molar refractivity (Wildman–Crippen MR) is 52.6 cm³/mol. The van der Waals surface area contributed by atoms with Crippen LogP contribution in [0.2, 0.25) is 0 Å². The maximum Gasteiger partial charge on any atom is 0.342 e. The van der Waals surface area contributed by atoms with Crippen molar-refractivity contribution in [3.05, 3.63) is 0 Å². The van der Waals surface area contributed by atoms with Gasteiger partial charge in [-0.1, -0.05) is 0 Å². The lowest BCUT2D eigenvalue weighted by Gasteiger charge is -2.21. The smallest absolute Gasteiger partial charge is 0.342 e. The van der Waals surface area contributed by atoms with E-state index < -0.39 is 13.3 Å². The topological polar surface area (TPSA) is 61.8 Å². The molecule has 0 saturated heterocycles. The van der Waals surface area contributed by atoms with E-state index in [-0.39, 0.29) is 12.4 Å². The van der Waals surface area contributed by atoms with Crippen LogP contribution in [-0.2, 0) is 23.1 Å². The van der Waals surface area contributed by atoms with Crippen LogP contribution >= 0.6 is 7.60 Å². The van der Waals surface area contributed by atoms with Gasteiger partial charge in [0.15, 0.2) is 0 Å². The van der Waals surface area contributed by atoms with Gasteiger partial charge in [0.25, 0.3) is 0 Å². The average molecular weight is 224 g/mol. The number of ether oxygens (including phenoxy) is 1. The summed E-state index contributed by atoms with van der Waals surface area (Å²) in [5.74, 6) is -0.259. The lowest BCUT2D eigenvalue weighted by atomic mass is 10.3. The molecule has 0 aromatic carbocycles. The van der Waals surface area contributed by atoms with Gasteiger partial charge in [0.05, 0.1) is 6.61 Å². The van der Waals surface area contributed by atoms with Crippen molar-refractivity contribution in [2.45, 2.75) is 19.5 Å². The second kappa shape index (κ2) is 6.30. The molecule has 6 heteroatoms. The van der Waals surface area contributed by atoms with Gasteiger partial charge in [-0.25, -0.2) is 0 Å². The highest BCUT2D eigenvalue weighted by Crippen LogP contribution is 2.51. The highest BCUT2D eigenvalue weighted by Gasteiger charge is 2.37. The molecule has 14 heavy (non-hydrogen) atoms. The van der Waals surface area contributed by atoms with Crippen LogP contribution in [0.25, 0.3) is 0 Å². The third kappa shape index (κ3) is 3.50. The number of hydrogen-bond donors (Lipinski definition) is 0. The molecule has 84 valence electrons. The second-order valence-electron chi connectivity index (χ2n) is 2.69. The Balaban J connectivity index is 4.62. The van der Waals surface area contributed by atoms with E-state index in [1.165, 1.54) is 21.1 Å². The molecule has 0 spiro atoms. The van der Waals surface area contributed by atoms with Crippen molar-refractivity contribution in [1.82, 2.24) is 0 Å². The fourth-order valence-electron chi connectivity index (χ4n) is 0.990. The molecule has 0 amide bonds. The summed E-state index contributed by atoms with van der Waals surface area (Å²) in [6.45, 7) is 3.65. The van der Waals surface area contributed by atoms with Crippen LogP contribution in [0.1, 0.15) is 13.8 Å². The van der Waals surface area contributed by atoms with Crippen molar-refractivity contribution < 1.29 is 23.1 Å². The number of hydrogen-bond acceptors (Lipinski definition) is 5.